The largest absolute Gasteiger partial charge is 0.468 e. The van der Waals surface area contributed by atoms with Crippen LogP contribution in [-0.4, -0.2) is 66.2 Å². The maximum Gasteiger partial charge on any atom is 0.422 e. The van der Waals surface area contributed by atoms with Gasteiger partial charge in [0.05, 0.1) is 18.2 Å². The number of ether oxygens (including phenoxy) is 1. The van der Waals surface area contributed by atoms with E-state index in [1.54, 1.807) is 12.3 Å². The van der Waals surface area contributed by atoms with Crippen molar-refractivity contribution in [1.82, 2.24) is 20.5 Å². The van der Waals surface area contributed by atoms with Crippen LogP contribution in [0.4, 0.5) is 26.3 Å². The normalized spacial score (nSPS) is 20.7. The molecule has 0 unspecified atom stereocenters. The number of hydrogen-bond acceptors (Lipinski definition) is 5. The summed E-state index contributed by atoms with van der Waals surface area (Å²) in [7, 11) is 0. The Morgan fingerprint density at radius 2 is 1.72 bits per heavy atom. The van der Waals surface area contributed by atoms with Crippen molar-refractivity contribution >= 4 is 11.8 Å². The predicted octanol–water partition coefficient (Wildman–Crippen LogP) is 4.30. The Balaban J connectivity index is 1.14. The average molecular weight is 559 g/mol. The molecule has 1 aliphatic heterocycles. The molecule has 2 aromatic rings. The zero-order valence-electron chi connectivity index (χ0n) is 20.8. The lowest BCUT2D eigenvalue weighted by Gasteiger charge is -2.46. The zero-order chi connectivity index (χ0) is 28.2. The van der Waals surface area contributed by atoms with E-state index in [1.807, 2.05) is 0 Å². The Labute approximate surface area is 220 Å². The van der Waals surface area contributed by atoms with Crippen molar-refractivity contribution in [3.05, 3.63) is 59.3 Å². The molecule has 2 heterocycles. The number of pyridine rings is 1. The summed E-state index contributed by atoms with van der Waals surface area (Å²) in [6, 6.07) is 7.49. The number of likely N-dealkylation sites (tertiary alicyclic amines) is 1. The molecule has 0 bridgehead atoms. The molecule has 1 saturated carbocycles. The molecule has 2 aliphatic rings. The molecule has 13 heteroatoms. The summed E-state index contributed by atoms with van der Waals surface area (Å²) in [6.45, 7) is -0.397. The van der Waals surface area contributed by atoms with E-state index in [9.17, 15) is 35.9 Å². The molecule has 2 fully saturated rings. The van der Waals surface area contributed by atoms with E-state index in [1.165, 1.54) is 12.1 Å². The highest BCUT2D eigenvalue weighted by molar-refractivity contribution is 5.96. The van der Waals surface area contributed by atoms with Gasteiger partial charge in [-0.05, 0) is 55.4 Å². The number of amides is 2. The van der Waals surface area contributed by atoms with Crippen molar-refractivity contribution in [2.75, 3.05) is 26.2 Å². The number of nitrogens with one attached hydrogen (secondary N) is 2. The fraction of sp³-hybridized carbons (Fsp3) is 0.500. The van der Waals surface area contributed by atoms with Gasteiger partial charge in [-0.3, -0.25) is 14.5 Å². The van der Waals surface area contributed by atoms with Gasteiger partial charge in [-0.15, -0.1) is 0 Å². The number of nitrogens with zero attached hydrogens (tertiary/aromatic N) is 2. The first kappa shape index (κ1) is 28.7. The molecular formula is C26H28F6N4O3. The number of halogens is 6. The number of hydrogen-bond donors (Lipinski definition) is 2. The fourth-order valence-electron chi connectivity index (χ4n) is 4.93. The number of benzene rings is 1. The topological polar surface area (TPSA) is 83.6 Å². The van der Waals surface area contributed by atoms with Gasteiger partial charge >= 0.3 is 12.4 Å². The molecule has 0 atom stereocenters. The SMILES string of the molecule is O=C(CNC(=O)c1cccc(C(F)(F)F)c1)NC1CN(C2CCC(c3ccc(OCC(F)(F)F)nc3)CC2)C1. The summed E-state index contributed by atoms with van der Waals surface area (Å²) in [5, 5.41) is 5.17. The summed E-state index contributed by atoms with van der Waals surface area (Å²) in [4.78, 5) is 30.6. The van der Waals surface area contributed by atoms with Gasteiger partial charge in [-0.1, -0.05) is 12.1 Å². The Morgan fingerprint density at radius 3 is 2.33 bits per heavy atom. The summed E-state index contributed by atoms with van der Waals surface area (Å²) < 4.78 is 80.0. The van der Waals surface area contributed by atoms with Gasteiger partial charge in [-0.2, -0.15) is 26.3 Å². The van der Waals surface area contributed by atoms with E-state index in [0.29, 0.717) is 19.1 Å². The van der Waals surface area contributed by atoms with Crippen molar-refractivity contribution < 1.29 is 40.7 Å². The van der Waals surface area contributed by atoms with E-state index < -0.39 is 36.3 Å². The first-order valence-electron chi connectivity index (χ1n) is 12.5. The van der Waals surface area contributed by atoms with E-state index in [2.05, 4.69) is 25.3 Å². The second-order valence-corrected chi connectivity index (χ2v) is 9.82. The van der Waals surface area contributed by atoms with Gasteiger partial charge in [0, 0.05) is 37.0 Å². The average Bonchev–Trinajstić information content (AvgIpc) is 2.87. The molecule has 2 amide bonds. The highest BCUT2D eigenvalue weighted by Crippen LogP contribution is 2.36. The monoisotopic (exact) mass is 558 g/mol. The first-order chi connectivity index (χ1) is 18.4. The minimum atomic E-state index is -4.57. The van der Waals surface area contributed by atoms with Crippen LogP contribution >= 0.6 is 0 Å². The Hall–Kier alpha value is -3.35. The number of aromatic nitrogens is 1. The van der Waals surface area contributed by atoms with Crippen LogP contribution in [-0.2, 0) is 11.0 Å². The number of alkyl halides is 6. The second-order valence-electron chi connectivity index (χ2n) is 9.82. The van der Waals surface area contributed by atoms with Crippen molar-refractivity contribution in [2.45, 2.75) is 56.0 Å². The first-order valence-corrected chi connectivity index (χ1v) is 12.5. The van der Waals surface area contributed by atoms with Gasteiger partial charge < -0.3 is 15.4 Å². The molecule has 1 saturated heterocycles. The maximum absolute atomic E-state index is 12.8. The van der Waals surface area contributed by atoms with Crippen molar-refractivity contribution in [2.24, 2.45) is 0 Å². The van der Waals surface area contributed by atoms with Crippen LogP contribution in [0.5, 0.6) is 5.88 Å². The third-order valence-electron chi connectivity index (χ3n) is 6.96. The quantitative estimate of drug-likeness (QED) is 0.473. The second kappa shape index (κ2) is 11.8. The maximum atomic E-state index is 12.8. The minimum Gasteiger partial charge on any atom is -0.468 e. The molecule has 0 radical (unpaired) electrons. The van der Waals surface area contributed by atoms with Gasteiger partial charge in [0.25, 0.3) is 5.91 Å². The lowest BCUT2D eigenvalue weighted by Crippen LogP contribution is -2.63. The van der Waals surface area contributed by atoms with E-state index >= 15 is 0 Å². The summed E-state index contributed by atoms with van der Waals surface area (Å²) in [5.41, 5.74) is -0.148. The predicted molar refractivity (Wildman–Crippen MR) is 128 cm³/mol. The summed E-state index contributed by atoms with van der Waals surface area (Å²) >= 11 is 0. The van der Waals surface area contributed by atoms with Crippen LogP contribution in [0.3, 0.4) is 0 Å². The van der Waals surface area contributed by atoms with Crippen LogP contribution in [0.1, 0.15) is 53.1 Å². The van der Waals surface area contributed by atoms with Crippen LogP contribution < -0.4 is 15.4 Å². The third kappa shape index (κ3) is 8.07. The molecule has 2 N–H and O–H groups in total. The molecule has 39 heavy (non-hydrogen) atoms. The third-order valence-corrected chi connectivity index (χ3v) is 6.96. The zero-order valence-corrected chi connectivity index (χ0v) is 20.8. The van der Waals surface area contributed by atoms with Gasteiger partial charge in [0.1, 0.15) is 0 Å². The number of carbonyl (C=O) groups is 2. The Morgan fingerprint density at radius 1 is 1.00 bits per heavy atom. The molecule has 1 aromatic heterocycles. The van der Waals surface area contributed by atoms with E-state index in [0.717, 1.165) is 49.4 Å². The highest BCUT2D eigenvalue weighted by Gasteiger charge is 2.36. The van der Waals surface area contributed by atoms with Crippen LogP contribution in [0.15, 0.2) is 42.6 Å². The summed E-state index contributed by atoms with van der Waals surface area (Å²) in [6.07, 6.45) is -3.73. The van der Waals surface area contributed by atoms with Gasteiger partial charge in [0.15, 0.2) is 6.61 Å². The van der Waals surface area contributed by atoms with Crippen molar-refractivity contribution in [1.29, 1.82) is 0 Å². The van der Waals surface area contributed by atoms with Crippen LogP contribution in [0.25, 0.3) is 0 Å². The molecule has 4 rings (SSSR count). The molecule has 212 valence electrons. The summed E-state index contributed by atoms with van der Waals surface area (Å²) in [5.74, 6) is -0.975. The molecule has 0 spiro atoms. The lowest BCUT2D eigenvalue weighted by atomic mass is 9.81. The number of rotatable bonds is 8. The fourth-order valence-corrected chi connectivity index (χ4v) is 4.93. The number of carbonyl (C=O) groups excluding carboxylic acids is 2. The standard InChI is InChI=1S/C26H28F6N4O3/c27-25(28,29)15-39-23-9-6-18(11-33-23)16-4-7-21(8-5-16)36-13-20(14-36)35-22(37)12-34-24(38)17-2-1-3-19(10-17)26(30,31)32/h1-3,6,9-11,16,20-21H,4-5,7-8,12-15H2,(H,34,38)(H,35,37). The lowest BCUT2D eigenvalue weighted by molar-refractivity contribution is -0.154. The molecule has 7 nitrogen and oxygen atoms in total. The van der Waals surface area contributed by atoms with Gasteiger partial charge in [0.2, 0.25) is 11.8 Å². The smallest absolute Gasteiger partial charge is 0.422 e. The highest BCUT2D eigenvalue weighted by atomic mass is 19.4. The molecule has 1 aliphatic carbocycles. The van der Waals surface area contributed by atoms with E-state index in [-0.39, 0.29) is 29.9 Å². The Bertz CT molecular complexity index is 1140. The van der Waals surface area contributed by atoms with Crippen LogP contribution in [0, 0.1) is 0 Å². The van der Waals surface area contributed by atoms with Crippen molar-refractivity contribution in [3.8, 4) is 5.88 Å². The Kier molecular flexibility index (Phi) is 8.67. The van der Waals surface area contributed by atoms with E-state index in [4.69, 9.17) is 0 Å². The molecular weight excluding hydrogens is 530 g/mol. The van der Waals surface area contributed by atoms with Gasteiger partial charge in [-0.25, -0.2) is 4.98 Å². The minimum absolute atomic E-state index is 0.0614. The van der Waals surface area contributed by atoms with Crippen LogP contribution in [0.2, 0.25) is 0 Å². The molecule has 1 aromatic carbocycles. The van der Waals surface area contributed by atoms with Crippen molar-refractivity contribution in [3.63, 3.8) is 0 Å².